The molecule has 0 saturated carbocycles. The highest BCUT2D eigenvalue weighted by Gasteiger charge is 2.34. The van der Waals surface area contributed by atoms with Gasteiger partial charge in [0.25, 0.3) is 5.91 Å². The van der Waals surface area contributed by atoms with Crippen molar-refractivity contribution < 1.29 is 23.8 Å². The van der Waals surface area contributed by atoms with Crippen LogP contribution < -0.4 is 14.2 Å². The Balaban J connectivity index is 1.54. The molecule has 0 N–H and O–H groups in total. The molecule has 1 aliphatic heterocycles. The van der Waals surface area contributed by atoms with E-state index in [0.717, 1.165) is 28.2 Å². The minimum atomic E-state index is -0.265. The molecule has 0 bridgehead atoms. The van der Waals surface area contributed by atoms with Gasteiger partial charge in [-0.3, -0.25) is 9.59 Å². The van der Waals surface area contributed by atoms with Gasteiger partial charge in [-0.15, -0.1) is 11.3 Å². The Morgan fingerprint density at radius 3 is 2.64 bits per heavy atom. The molecule has 2 aromatic carbocycles. The van der Waals surface area contributed by atoms with Crippen molar-refractivity contribution in [1.82, 2.24) is 5.01 Å². The predicted octanol–water partition coefficient (Wildman–Crippen LogP) is 4.72. The molecule has 1 atom stereocenters. The Morgan fingerprint density at radius 2 is 1.97 bits per heavy atom. The van der Waals surface area contributed by atoms with Crippen molar-refractivity contribution in [1.29, 1.82) is 0 Å². The summed E-state index contributed by atoms with van der Waals surface area (Å²) < 4.78 is 16.6. The molecule has 8 heteroatoms. The lowest BCUT2D eigenvalue weighted by Gasteiger charge is -2.21. The molecule has 0 fully saturated rings. The van der Waals surface area contributed by atoms with Crippen molar-refractivity contribution in [2.75, 3.05) is 20.3 Å². The van der Waals surface area contributed by atoms with Crippen molar-refractivity contribution in [3.8, 4) is 17.2 Å². The van der Waals surface area contributed by atoms with Crippen LogP contribution in [-0.2, 0) is 4.79 Å². The van der Waals surface area contributed by atoms with Crippen molar-refractivity contribution >= 4 is 29.2 Å². The van der Waals surface area contributed by atoms with Gasteiger partial charge < -0.3 is 14.2 Å². The number of nitrogens with zero attached hydrogens (tertiary/aromatic N) is 2. The van der Waals surface area contributed by atoms with Gasteiger partial charge in [0.15, 0.2) is 18.1 Å². The van der Waals surface area contributed by atoms with Gasteiger partial charge in [-0.2, -0.15) is 5.10 Å². The van der Waals surface area contributed by atoms with Crippen LogP contribution in [0.25, 0.3) is 0 Å². The van der Waals surface area contributed by atoms with E-state index in [9.17, 15) is 9.59 Å². The van der Waals surface area contributed by atoms with Crippen molar-refractivity contribution in [2.45, 2.75) is 19.4 Å². The summed E-state index contributed by atoms with van der Waals surface area (Å²) in [4.78, 5) is 25.3. The number of hydrazone groups is 1. The summed E-state index contributed by atoms with van der Waals surface area (Å²) in [5.74, 6) is 1.33. The van der Waals surface area contributed by atoms with Gasteiger partial charge in [-0.05, 0) is 66.4 Å². The fraction of sp³-hybridized carbons (Fsp3) is 0.240. The highest BCUT2D eigenvalue weighted by Crippen LogP contribution is 2.36. The molecule has 1 unspecified atom stereocenters. The molecule has 1 aromatic heterocycles. The maximum absolute atomic E-state index is 13.2. The molecule has 2 heterocycles. The van der Waals surface area contributed by atoms with Crippen molar-refractivity contribution in [2.24, 2.45) is 5.10 Å². The molecule has 0 spiro atoms. The number of carbonyl (C=O) groups is 2. The van der Waals surface area contributed by atoms with E-state index in [4.69, 9.17) is 14.2 Å². The van der Waals surface area contributed by atoms with E-state index in [0.29, 0.717) is 30.1 Å². The summed E-state index contributed by atoms with van der Waals surface area (Å²) in [5, 5.41) is 8.15. The summed E-state index contributed by atoms with van der Waals surface area (Å²) in [7, 11) is 1.62. The Hall–Kier alpha value is -3.65. The summed E-state index contributed by atoms with van der Waals surface area (Å²) in [6.07, 6.45) is 1.35. The van der Waals surface area contributed by atoms with E-state index >= 15 is 0 Å². The third-order valence-corrected chi connectivity index (χ3v) is 6.19. The number of aldehydes is 1. The first-order valence-corrected chi connectivity index (χ1v) is 11.4. The summed E-state index contributed by atoms with van der Waals surface area (Å²) >= 11 is 1.59. The number of ether oxygens (including phenoxy) is 3. The monoisotopic (exact) mass is 464 g/mol. The van der Waals surface area contributed by atoms with Crippen LogP contribution in [0.2, 0.25) is 0 Å². The zero-order valence-corrected chi connectivity index (χ0v) is 19.2. The number of hydrogen-bond donors (Lipinski definition) is 0. The van der Waals surface area contributed by atoms with Gasteiger partial charge in [0.1, 0.15) is 12.0 Å². The molecule has 3 aromatic rings. The average molecular weight is 465 g/mol. The first kappa shape index (κ1) is 22.5. The van der Waals surface area contributed by atoms with E-state index in [1.54, 1.807) is 36.6 Å². The number of benzene rings is 2. The van der Waals surface area contributed by atoms with Crippen LogP contribution in [0.15, 0.2) is 65.1 Å². The second-order valence-corrected chi connectivity index (χ2v) is 8.27. The fourth-order valence-electron chi connectivity index (χ4n) is 3.59. The van der Waals surface area contributed by atoms with Crippen LogP contribution in [0.3, 0.4) is 0 Å². The number of carbonyl (C=O) groups excluding carboxylic acids is 2. The highest BCUT2D eigenvalue weighted by molar-refractivity contribution is 7.10. The van der Waals surface area contributed by atoms with Crippen molar-refractivity contribution in [3.63, 3.8) is 0 Å². The standard InChI is InChI=1S/C25H24N2O5S/c1-3-31-23-13-17(15-28)6-11-22(23)32-16-25(29)27-21(24-5-4-12-33-24)14-20(26-27)18-7-9-19(30-2)10-8-18/h4-13,15,21H,3,14,16H2,1-2H3. The molecule has 0 aliphatic carbocycles. The lowest BCUT2D eigenvalue weighted by Crippen LogP contribution is -2.31. The van der Waals surface area contributed by atoms with Gasteiger partial charge in [0, 0.05) is 16.9 Å². The van der Waals surface area contributed by atoms with Crippen LogP contribution in [0.1, 0.15) is 40.2 Å². The molecular formula is C25H24N2O5S. The van der Waals surface area contributed by atoms with Gasteiger partial charge in [-0.25, -0.2) is 5.01 Å². The first-order valence-electron chi connectivity index (χ1n) is 10.5. The highest BCUT2D eigenvalue weighted by atomic mass is 32.1. The zero-order valence-electron chi connectivity index (χ0n) is 18.4. The number of rotatable bonds is 9. The fourth-order valence-corrected chi connectivity index (χ4v) is 4.40. The second kappa shape index (κ2) is 10.3. The van der Waals surface area contributed by atoms with E-state index in [2.05, 4.69) is 5.10 Å². The topological polar surface area (TPSA) is 77.4 Å². The van der Waals surface area contributed by atoms with Crippen LogP contribution >= 0.6 is 11.3 Å². The number of thiophene rings is 1. The van der Waals surface area contributed by atoms with E-state index in [1.807, 2.05) is 48.7 Å². The Morgan fingerprint density at radius 1 is 1.15 bits per heavy atom. The summed E-state index contributed by atoms with van der Waals surface area (Å²) in [6, 6.07) is 16.3. The number of amides is 1. The van der Waals surface area contributed by atoms with Gasteiger partial charge in [0.2, 0.25) is 0 Å². The molecule has 1 amide bonds. The summed E-state index contributed by atoms with van der Waals surface area (Å²) in [6.45, 7) is 2.05. The lowest BCUT2D eigenvalue weighted by atomic mass is 10.0. The van der Waals surface area contributed by atoms with Gasteiger partial charge in [-0.1, -0.05) is 6.07 Å². The maximum atomic E-state index is 13.2. The third kappa shape index (κ3) is 5.06. The first-order chi connectivity index (χ1) is 16.1. The van der Waals surface area contributed by atoms with E-state index in [1.165, 1.54) is 5.01 Å². The predicted molar refractivity (Wildman–Crippen MR) is 127 cm³/mol. The Labute approximate surface area is 196 Å². The quantitative estimate of drug-likeness (QED) is 0.428. The largest absolute Gasteiger partial charge is 0.497 e. The molecule has 7 nitrogen and oxygen atoms in total. The maximum Gasteiger partial charge on any atom is 0.281 e. The molecule has 33 heavy (non-hydrogen) atoms. The molecule has 1 aliphatic rings. The second-order valence-electron chi connectivity index (χ2n) is 7.29. The normalized spacial score (nSPS) is 15.2. The van der Waals surface area contributed by atoms with E-state index < -0.39 is 0 Å². The average Bonchev–Trinajstić information content (AvgIpc) is 3.53. The van der Waals surface area contributed by atoms with Crippen LogP contribution in [0.5, 0.6) is 17.2 Å². The molecule has 0 saturated heterocycles. The Kier molecular flexibility index (Phi) is 7.04. The van der Waals surface area contributed by atoms with Crippen LogP contribution in [-0.4, -0.2) is 43.2 Å². The number of methoxy groups -OCH3 is 1. The molecule has 4 rings (SSSR count). The van der Waals surface area contributed by atoms with Gasteiger partial charge in [0.05, 0.1) is 25.5 Å². The molecule has 0 radical (unpaired) electrons. The minimum Gasteiger partial charge on any atom is -0.497 e. The van der Waals surface area contributed by atoms with Crippen LogP contribution in [0, 0.1) is 0 Å². The van der Waals surface area contributed by atoms with Crippen LogP contribution in [0.4, 0.5) is 0 Å². The van der Waals surface area contributed by atoms with E-state index in [-0.39, 0.29) is 18.6 Å². The zero-order chi connectivity index (χ0) is 23.2. The minimum absolute atomic E-state index is 0.193. The smallest absolute Gasteiger partial charge is 0.281 e. The Bertz CT molecular complexity index is 1140. The molecule has 170 valence electrons. The molecular weight excluding hydrogens is 440 g/mol. The van der Waals surface area contributed by atoms with Gasteiger partial charge >= 0.3 is 0 Å². The SMILES string of the molecule is CCOc1cc(C=O)ccc1OCC(=O)N1N=C(c2ccc(OC)cc2)CC1c1cccs1. The lowest BCUT2D eigenvalue weighted by molar-refractivity contribution is -0.135. The third-order valence-electron chi connectivity index (χ3n) is 5.22. The van der Waals surface area contributed by atoms with Crippen molar-refractivity contribution in [3.05, 3.63) is 76.0 Å². The summed E-state index contributed by atoms with van der Waals surface area (Å²) in [5.41, 5.74) is 2.24. The number of hydrogen-bond acceptors (Lipinski definition) is 7.